The van der Waals surface area contributed by atoms with E-state index in [-0.39, 0.29) is 11.8 Å². The first-order valence-electron chi connectivity index (χ1n) is 8.30. The van der Waals surface area contributed by atoms with E-state index in [1.54, 1.807) is 3.96 Å². The molecule has 0 radical (unpaired) electrons. The average molecular weight is 332 g/mol. The molecule has 124 valence electrons. The molecule has 1 aromatic heterocycles. The highest BCUT2D eigenvalue weighted by Crippen LogP contribution is 2.18. The number of aromatic nitrogens is 1. The van der Waals surface area contributed by atoms with E-state index in [1.807, 2.05) is 25.1 Å². The van der Waals surface area contributed by atoms with Gasteiger partial charge in [0.25, 0.3) is 0 Å². The molecule has 0 aliphatic carbocycles. The van der Waals surface area contributed by atoms with Crippen LogP contribution in [0.25, 0.3) is 10.9 Å². The maximum absolute atomic E-state index is 12.4. The zero-order valence-corrected chi connectivity index (χ0v) is 14.9. The minimum absolute atomic E-state index is 0.0770. The van der Waals surface area contributed by atoms with Crippen LogP contribution < -0.4 is 4.67 Å². The standard InChI is InChI=1S/C18H24N2O2S/c1-4-6-8-16(21)19-18-14-12-13(3)10-11-15(14)20(23-18)17(22)9-7-5-2/h10-12H,4-9H2,1-3H3. The average Bonchev–Trinajstić information content (AvgIpc) is 2.88. The van der Waals surface area contributed by atoms with Crippen LogP contribution in [0, 0.1) is 6.92 Å². The van der Waals surface area contributed by atoms with E-state index in [0.717, 1.165) is 42.1 Å². The second kappa shape index (κ2) is 8.20. The Kier molecular flexibility index (Phi) is 6.28. The number of amides is 1. The lowest BCUT2D eigenvalue weighted by molar-refractivity contribution is -0.118. The smallest absolute Gasteiger partial charge is 0.247 e. The Morgan fingerprint density at radius 3 is 2.52 bits per heavy atom. The van der Waals surface area contributed by atoms with Gasteiger partial charge in [0.15, 0.2) is 0 Å². The number of carbonyl (C=O) groups excluding carboxylic acids is 2. The van der Waals surface area contributed by atoms with Crippen LogP contribution in [0.3, 0.4) is 0 Å². The van der Waals surface area contributed by atoms with Crippen molar-refractivity contribution in [1.82, 2.24) is 3.96 Å². The topological polar surface area (TPSA) is 51.4 Å². The van der Waals surface area contributed by atoms with E-state index in [0.29, 0.717) is 17.5 Å². The van der Waals surface area contributed by atoms with Gasteiger partial charge in [-0.15, -0.1) is 0 Å². The van der Waals surface area contributed by atoms with Gasteiger partial charge in [-0.05, 0) is 43.4 Å². The first kappa shape index (κ1) is 17.6. The molecule has 0 N–H and O–H groups in total. The lowest BCUT2D eigenvalue weighted by Gasteiger charge is -2.01. The predicted octanol–water partition coefficient (Wildman–Crippen LogP) is 4.46. The largest absolute Gasteiger partial charge is 0.273 e. The molecule has 2 rings (SSSR count). The van der Waals surface area contributed by atoms with Crippen LogP contribution in [0.4, 0.5) is 0 Å². The minimum Gasteiger partial charge on any atom is -0.273 e. The monoisotopic (exact) mass is 332 g/mol. The Hall–Kier alpha value is -1.75. The molecule has 0 saturated carbocycles. The molecule has 2 aromatic rings. The van der Waals surface area contributed by atoms with Gasteiger partial charge in [0.05, 0.1) is 5.52 Å². The Labute approximate surface area is 141 Å². The third-order valence-corrected chi connectivity index (χ3v) is 4.79. The number of rotatable bonds is 6. The van der Waals surface area contributed by atoms with Crippen LogP contribution in [0.5, 0.6) is 0 Å². The number of unbranched alkanes of at least 4 members (excludes halogenated alkanes) is 2. The zero-order chi connectivity index (χ0) is 16.8. The molecule has 0 aliphatic heterocycles. The van der Waals surface area contributed by atoms with Crippen LogP contribution in [0.15, 0.2) is 23.2 Å². The summed E-state index contributed by atoms with van der Waals surface area (Å²) >= 11 is 1.28. The molecule has 4 nitrogen and oxygen atoms in total. The van der Waals surface area contributed by atoms with Crippen molar-refractivity contribution in [1.29, 1.82) is 0 Å². The summed E-state index contributed by atoms with van der Waals surface area (Å²) in [5, 5.41) is 0.893. The summed E-state index contributed by atoms with van der Waals surface area (Å²) in [7, 11) is 0. The molecule has 23 heavy (non-hydrogen) atoms. The van der Waals surface area contributed by atoms with Crippen molar-refractivity contribution >= 4 is 34.2 Å². The molecule has 1 amide bonds. The molecule has 0 spiro atoms. The predicted molar refractivity (Wildman–Crippen MR) is 94.8 cm³/mol. The highest BCUT2D eigenvalue weighted by molar-refractivity contribution is 7.06. The first-order valence-corrected chi connectivity index (χ1v) is 9.07. The van der Waals surface area contributed by atoms with Gasteiger partial charge in [-0.1, -0.05) is 38.3 Å². The third-order valence-electron chi connectivity index (χ3n) is 3.72. The second-order valence-corrected chi connectivity index (χ2v) is 6.75. The summed E-state index contributed by atoms with van der Waals surface area (Å²) < 4.78 is 2.34. The second-order valence-electron chi connectivity index (χ2n) is 5.82. The van der Waals surface area contributed by atoms with Crippen molar-refractivity contribution in [2.45, 2.75) is 59.3 Å². The van der Waals surface area contributed by atoms with E-state index in [1.165, 1.54) is 11.5 Å². The van der Waals surface area contributed by atoms with Crippen molar-refractivity contribution in [2.24, 2.45) is 4.99 Å². The fourth-order valence-electron chi connectivity index (χ4n) is 2.38. The number of benzene rings is 1. The molecule has 0 unspecified atom stereocenters. The SMILES string of the molecule is CCCCC(=O)N=c1sn(C(=O)CCCC)c2ccc(C)cc12. The highest BCUT2D eigenvalue weighted by Gasteiger charge is 2.13. The van der Waals surface area contributed by atoms with Crippen molar-refractivity contribution in [3.8, 4) is 0 Å². The molecular weight excluding hydrogens is 308 g/mol. The molecule has 1 aromatic carbocycles. The van der Waals surface area contributed by atoms with Crippen molar-refractivity contribution in [2.75, 3.05) is 0 Å². The van der Waals surface area contributed by atoms with Crippen LogP contribution in [0.1, 0.15) is 62.7 Å². The molecule has 0 atom stereocenters. The van der Waals surface area contributed by atoms with Gasteiger partial charge in [0.2, 0.25) is 11.8 Å². The normalized spacial score (nSPS) is 12.0. The molecule has 0 saturated heterocycles. The zero-order valence-electron chi connectivity index (χ0n) is 14.1. The maximum Gasteiger partial charge on any atom is 0.247 e. The van der Waals surface area contributed by atoms with Crippen LogP contribution in [-0.4, -0.2) is 15.8 Å². The molecule has 1 heterocycles. The summed E-state index contributed by atoms with van der Waals surface area (Å²) in [6.45, 7) is 6.13. The fraction of sp³-hybridized carbons (Fsp3) is 0.500. The quantitative estimate of drug-likeness (QED) is 0.784. The third kappa shape index (κ3) is 4.38. The number of fused-ring (bicyclic) bond motifs is 1. The Morgan fingerprint density at radius 2 is 1.83 bits per heavy atom. The number of carbonyl (C=O) groups is 2. The Morgan fingerprint density at radius 1 is 1.13 bits per heavy atom. The van der Waals surface area contributed by atoms with Gasteiger partial charge in [0, 0.05) is 18.2 Å². The number of nitrogens with zero attached hydrogens (tertiary/aromatic N) is 2. The molecule has 0 aliphatic rings. The molecule has 0 fully saturated rings. The summed E-state index contributed by atoms with van der Waals surface area (Å²) in [5.41, 5.74) is 1.95. The van der Waals surface area contributed by atoms with Gasteiger partial charge >= 0.3 is 0 Å². The summed E-state index contributed by atoms with van der Waals surface area (Å²) in [6.07, 6.45) is 4.67. The van der Waals surface area contributed by atoms with E-state index >= 15 is 0 Å². The van der Waals surface area contributed by atoms with Crippen molar-refractivity contribution < 1.29 is 9.59 Å². The Balaban J connectivity index is 2.48. The maximum atomic E-state index is 12.4. The fourth-order valence-corrected chi connectivity index (χ4v) is 3.40. The van der Waals surface area contributed by atoms with Crippen LogP contribution in [0.2, 0.25) is 0 Å². The molecular formula is C18H24N2O2S. The summed E-state index contributed by atoms with van der Waals surface area (Å²) in [5.74, 6) is -0.0298. The number of hydrogen-bond donors (Lipinski definition) is 0. The minimum atomic E-state index is -0.107. The van der Waals surface area contributed by atoms with Gasteiger partial charge in [-0.2, -0.15) is 0 Å². The van der Waals surface area contributed by atoms with E-state index in [4.69, 9.17) is 0 Å². The van der Waals surface area contributed by atoms with Crippen LogP contribution >= 0.6 is 11.5 Å². The van der Waals surface area contributed by atoms with Crippen molar-refractivity contribution in [3.63, 3.8) is 0 Å². The Bertz CT molecular complexity index is 771. The van der Waals surface area contributed by atoms with Gasteiger partial charge in [0.1, 0.15) is 4.67 Å². The number of aryl methyl sites for hydroxylation is 1. The van der Waals surface area contributed by atoms with E-state index in [2.05, 4.69) is 18.8 Å². The lowest BCUT2D eigenvalue weighted by Crippen LogP contribution is -2.07. The summed E-state index contributed by atoms with van der Waals surface area (Å²) in [6, 6.07) is 5.93. The highest BCUT2D eigenvalue weighted by atomic mass is 32.1. The van der Waals surface area contributed by atoms with Gasteiger partial charge in [-0.3, -0.25) is 9.59 Å². The molecule has 0 bridgehead atoms. The van der Waals surface area contributed by atoms with Gasteiger partial charge < -0.3 is 0 Å². The lowest BCUT2D eigenvalue weighted by atomic mass is 10.2. The van der Waals surface area contributed by atoms with Gasteiger partial charge in [-0.25, -0.2) is 8.95 Å². The summed E-state index contributed by atoms with van der Waals surface area (Å²) in [4.78, 5) is 28.7. The van der Waals surface area contributed by atoms with Crippen molar-refractivity contribution in [3.05, 3.63) is 28.4 Å². The van der Waals surface area contributed by atoms with E-state index in [9.17, 15) is 9.59 Å². The molecule has 5 heteroatoms. The van der Waals surface area contributed by atoms with Crippen LogP contribution in [-0.2, 0) is 4.79 Å². The van der Waals surface area contributed by atoms with E-state index < -0.39 is 0 Å². The number of hydrogen-bond acceptors (Lipinski definition) is 3. The first-order chi connectivity index (χ1) is 11.1.